The molecule has 94 valence electrons. The zero-order chi connectivity index (χ0) is 13.1. The van der Waals surface area contributed by atoms with Crippen molar-refractivity contribution in [2.75, 3.05) is 18.2 Å². The molecule has 0 saturated carbocycles. The van der Waals surface area contributed by atoms with Crippen molar-refractivity contribution in [1.29, 1.82) is 0 Å². The maximum Gasteiger partial charge on any atom is 0.242 e. The highest BCUT2D eigenvalue weighted by molar-refractivity contribution is 5.72. The molecule has 0 aliphatic carbocycles. The highest BCUT2D eigenvalue weighted by Crippen LogP contribution is 2.27. The van der Waals surface area contributed by atoms with Gasteiger partial charge in [-0.2, -0.15) is 4.98 Å². The average Bonchev–Trinajstić information content (AvgIpc) is 2.30. The molecule has 1 aromatic heterocycles. The Kier molecular flexibility index (Phi) is 3.27. The van der Waals surface area contributed by atoms with Crippen LogP contribution in [-0.2, 0) is 0 Å². The lowest BCUT2D eigenvalue weighted by Crippen LogP contribution is -2.03. The minimum atomic E-state index is -0.322. The average molecular weight is 248 g/mol. The van der Waals surface area contributed by atoms with Crippen molar-refractivity contribution < 1.29 is 9.13 Å². The Morgan fingerprint density at radius 2 is 2.06 bits per heavy atom. The van der Waals surface area contributed by atoms with Crippen LogP contribution in [0.2, 0.25) is 0 Å². The number of nitrogens with zero attached hydrogens (tertiary/aromatic N) is 2. The number of halogens is 1. The number of ether oxygens (including phenoxy) is 1. The van der Waals surface area contributed by atoms with Gasteiger partial charge in [0.05, 0.1) is 7.11 Å². The summed E-state index contributed by atoms with van der Waals surface area (Å²) in [4.78, 5) is 7.85. The molecule has 0 amide bonds. The zero-order valence-corrected chi connectivity index (χ0v) is 10.1. The first-order chi connectivity index (χ1) is 8.60. The van der Waals surface area contributed by atoms with Gasteiger partial charge in [-0.3, -0.25) is 0 Å². The second-order valence-electron chi connectivity index (χ2n) is 3.79. The Labute approximate surface area is 104 Å². The van der Waals surface area contributed by atoms with E-state index in [0.717, 1.165) is 5.56 Å². The van der Waals surface area contributed by atoms with E-state index in [9.17, 15) is 4.39 Å². The summed E-state index contributed by atoms with van der Waals surface area (Å²) in [5.74, 6) is 0.338. The summed E-state index contributed by atoms with van der Waals surface area (Å²) in [5.41, 5.74) is 7.46. The molecule has 0 aliphatic rings. The number of aryl methyl sites for hydroxylation is 1. The van der Waals surface area contributed by atoms with E-state index >= 15 is 0 Å². The quantitative estimate of drug-likeness (QED) is 0.871. The molecule has 0 unspecified atom stereocenters. The van der Waals surface area contributed by atoms with E-state index in [2.05, 4.69) is 15.3 Å². The lowest BCUT2D eigenvalue weighted by atomic mass is 10.2. The molecular formula is C12H13FN4O. The van der Waals surface area contributed by atoms with E-state index in [1.54, 1.807) is 13.0 Å². The topological polar surface area (TPSA) is 73.1 Å². The summed E-state index contributed by atoms with van der Waals surface area (Å²) in [6.45, 7) is 1.80. The van der Waals surface area contributed by atoms with E-state index < -0.39 is 0 Å². The van der Waals surface area contributed by atoms with Gasteiger partial charge < -0.3 is 15.8 Å². The summed E-state index contributed by atoms with van der Waals surface area (Å²) in [6, 6.07) is 4.59. The third-order valence-corrected chi connectivity index (χ3v) is 2.35. The molecule has 1 heterocycles. The van der Waals surface area contributed by atoms with Crippen LogP contribution in [0.1, 0.15) is 5.56 Å². The predicted molar refractivity (Wildman–Crippen MR) is 67.4 cm³/mol. The zero-order valence-electron chi connectivity index (χ0n) is 10.1. The Hall–Kier alpha value is -2.37. The van der Waals surface area contributed by atoms with Crippen molar-refractivity contribution in [2.24, 2.45) is 0 Å². The molecule has 5 nitrogen and oxygen atoms in total. The Morgan fingerprint density at radius 3 is 2.72 bits per heavy atom. The molecule has 2 aromatic rings. The van der Waals surface area contributed by atoms with Gasteiger partial charge in [-0.25, -0.2) is 9.37 Å². The van der Waals surface area contributed by atoms with Crippen molar-refractivity contribution >= 4 is 17.2 Å². The number of nitrogens with one attached hydrogen (secondary N) is 1. The summed E-state index contributed by atoms with van der Waals surface area (Å²) >= 11 is 0. The molecule has 0 aliphatic heterocycles. The first-order valence-corrected chi connectivity index (χ1v) is 5.29. The van der Waals surface area contributed by atoms with Crippen molar-refractivity contribution in [1.82, 2.24) is 9.97 Å². The number of benzene rings is 1. The number of rotatable bonds is 3. The third-order valence-electron chi connectivity index (χ3n) is 2.35. The van der Waals surface area contributed by atoms with Gasteiger partial charge in [0, 0.05) is 5.69 Å². The van der Waals surface area contributed by atoms with E-state index in [4.69, 9.17) is 10.5 Å². The number of aromatic nitrogens is 2. The lowest BCUT2D eigenvalue weighted by Gasteiger charge is -2.10. The van der Waals surface area contributed by atoms with Gasteiger partial charge in [-0.1, -0.05) is 0 Å². The summed E-state index contributed by atoms with van der Waals surface area (Å²) < 4.78 is 18.2. The number of hydrogen-bond donors (Lipinski definition) is 2. The van der Waals surface area contributed by atoms with Crippen LogP contribution in [-0.4, -0.2) is 17.1 Å². The number of hydrogen-bond acceptors (Lipinski definition) is 5. The highest BCUT2D eigenvalue weighted by atomic mass is 19.1. The Balaban J connectivity index is 2.34. The van der Waals surface area contributed by atoms with E-state index in [0.29, 0.717) is 11.5 Å². The van der Waals surface area contributed by atoms with Crippen LogP contribution >= 0.6 is 0 Å². The second-order valence-corrected chi connectivity index (χ2v) is 3.79. The van der Waals surface area contributed by atoms with Crippen molar-refractivity contribution in [3.8, 4) is 5.88 Å². The standard InChI is InChI=1S/C12H13FN4O/c1-7-3-8(13)5-9(4-7)17-11-10(14)12(18-2)16-6-15-11/h3-6H,14H2,1-2H3,(H,15,16,17). The molecule has 0 spiro atoms. The van der Waals surface area contributed by atoms with Crippen molar-refractivity contribution in [3.63, 3.8) is 0 Å². The highest BCUT2D eigenvalue weighted by Gasteiger charge is 2.08. The number of anilines is 3. The molecule has 0 saturated heterocycles. The summed E-state index contributed by atoms with van der Waals surface area (Å²) in [6.07, 6.45) is 1.32. The summed E-state index contributed by atoms with van der Waals surface area (Å²) in [5, 5.41) is 2.93. The number of nitrogen functional groups attached to an aromatic ring is 1. The molecule has 0 radical (unpaired) electrons. The fourth-order valence-corrected chi connectivity index (χ4v) is 1.59. The van der Waals surface area contributed by atoms with Crippen molar-refractivity contribution in [3.05, 3.63) is 35.9 Å². The van der Waals surface area contributed by atoms with Crippen LogP contribution in [0.3, 0.4) is 0 Å². The first kappa shape index (κ1) is 12.1. The van der Waals surface area contributed by atoms with Gasteiger partial charge in [0.25, 0.3) is 0 Å². The minimum absolute atomic E-state index is 0.278. The first-order valence-electron chi connectivity index (χ1n) is 5.29. The van der Waals surface area contributed by atoms with E-state index in [1.807, 2.05) is 0 Å². The molecular weight excluding hydrogens is 235 g/mol. The molecule has 2 rings (SSSR count). The molecule has 18 heavy (non-hydrogen) atoms. The molecule has 0 fully saturated rings. The van der Waals surface area contributed by atoms with Gasteiger partial charge >= 0.3 is 0 Å². The molecule has 6 heteroatoms. The van der Waals surface area contributed by atoms with Gasteiger partial charge in [0.2, 0.25) is 5.88 Å². The smallest absolute Gasteiger partial charge is 0.242 e. The van der Waals surface area contributed by atoms with Gasteiger partial charge in [0.1, 0.15) is 17.8 Å². The van der Waals surface area contributed by atoms with Crippen molar-refractivity contribution in [2.45, 2.75) is 6.92 Å². The van der Waals surface area contributed by atoms with Crippen LogP contribution in [0.25, 0.3) is 0 Å². The maximum atomic E-state index is 13.2. The molecule has 1 aromatic carbocycles. The van der Waals surface area contributed by atoms with Crippen LogP contribution in [0, 0.1) is 12.7 Å². The fraction of sp³-hybridized carbons (Fsp3) is 0.167. The largest absolute Gasteiger partial charge is 0.479 e. The van der Waals surface area contributed by atoms with Crippen LogP contribution < -0.4 is 15.8 Å². The molecule has 0 bridgehead atoms. The monoisotopic (exact) mass is 248 g/mol. The van der Waals surface area contributed by atoms with Gasteiger partial charge in [-0.15, -0.1) is 0 Å². The molecule has 0 atom stereocenters. The number of methoxy groups -OCH3 is 1. The van der Waals surface area contributed by atoms with Gasteiger partial charge in [-0.05, 0) is 30.7 Å². The normalized spacial score (nSPS) is 10.2. The third kappa shape index (κ3) is 2.48. The Bertz CT molecular complexity index is 554. The van der Waals surface area contributed by atoms with Crippen LogP contribution in [0.5, 0.6) is 5.88 Å². The predicted octanol–water partition coefficient (Wildman–Crippen LogP) is 2.26. The van der Waals surface area contributed by atoms with Crippen LogP contribution in [0.15, 0.2) is 24.5 Å². The van der Waals surface area contributed by atoms with Gasteiger partial charge in [0.15, 0.2) is 5.82 Å². The summed E-state index contributed by atoms with van der Waals surface area (Å²) in [7, 11) is 1.47. The lowest BCUT2D eigenvalue weighted by molar-refractivity contribution is 0.399. The van der Waals surface area contributed by atoms with E-state index in [1.165, 1.54) is 25.6 Å². The van der Waals surface area contributed by atoms with Crippen LogP contribution in [0.4, 0.5) is 21.6 Å². The number of nitrogens with two attached hydrogens (primary N) is 1. The molecule has 3 N–H and O–H groups in total. The SMILES string of the molecule is COc1ncnc(Nc2cc(C)cc(F)c2)c1N. The van der Waals surface area contributed by atoms with E-state index in [-0.39, 0.29) is 17.4 Å². The maximum absolute atomic E-state index is 13.2. The second kappa shape index (κ2) is 4.87. The fourth-order valence-electron chi connectivity index (χ4n) is 1.59. The minimum Gasteiger partial charge on any atom is -0.479 e. The Morgan fingerprint density at radius 1 is 1.28 bits per heavy atom.